The summed E-state index contributed by atoms with van der Waals surface area (Å²) in [4.78, 5) is 22.1. The molecule has 11 heteroatoms. The van der Waals surface area contributed by atoms with Crippen LogP contribution in [0.5, 0.6) is 0 Å². The minimum atomic E-state index is -2.78. The van der Waals surface area contributed by atoms with E-state index in [0.717, 1.165) is 6.92 Å². The first kappa shape index (κ1) is 21.7. The van der Waals surface area contributed by atoms with E-state index in [9.17, 15) is 30.0 Å². The predicted molar refractivity (Wildman–Crippen MR) is 70.5 cm³/mol. The number of carboxylic acids is 1. The molecule has 0 aromatic carbocycles. The van der Waals surface area contributed by atoms with Crippen molar-refractivity contribution in [3.8, 4) is 0 Å². The summed E-state index contributed by atoms with van der Waals surface area (Å²) in [6.07, 6.45) is -7.48. The number of nitrogens with one attached hydrogen (secondary N) is 1. The van der Waals surface area contributed by atoms with E-state index in [0.29, 0.717) is 0 Å². The van der Waals surface area contributed by atoms with E-state index < -0.39 is 61.1 Å². The fourth-order valence-corrected chi connectivity index (χ4v) is 2.14. The number of amides is 1. The Bertz CT molecular complexity index is 409. The van der Waals surface area contributed by atoms with Crippen LogP contribution in [0.4, 0.5) is 0 Å². The number of ether oxygens (including phenoxy) is 1. The summed E-state index contributed by atoms with van der Waals surface area (Å²) in [6.45, 7) is 0.256. The van der Waals surface area contributed by atoms with Gasteiger partial charge in [0.2, 0.25) is 5.91 Å². The Kier molecular flexibility index (Phi) is 8.41. The molecule has 6 atom stereocenters. The number of aliphatic hydroxyl groups is 5. The molecular weight excluding hydrogens is 313 g/mol. The molecule has 0 aromatic heterocycles. The number of carbonyl (C=O) groups excluding carboxylic acids is 1. The van der Waals surface area contributed by atoms with Crippen molar-refractivity contribution in [1.29, 1.82) is 0 Å². The maximum atomic E-state index is 11.1. The normalized spacial score (nSPS) is 34.2. The zero-order chi connectivity index (χ0) is 16.4. The Hall–Kier alpha value is -0.300. The molecule has 1 radical (unpaired) electrons. The number of hydrogen-bond donors (Lipinski definition) is 7. The molecule has 22 heavy (non-hydrogen) atoms. The van der Waals surface area contributed by atoms with Crippen molar-refractivity contribution >= 4 is 41.4 Å². The van der Waals surface area contributed by atoms with Crippen molar-refractivity contribution in [1.82, 2.24) is 5.32 Å². The van der Waals surface area contributed by atoms with Crippen LogP contribution in [0.25, 0.3) is 0 Å². The van der Waals surface area contributed by atoms with Gasteiger partial charge in [-0.15, -0.1) is 0 Å². The van der Waals surface area contributed by atoms with Gasteiger partial charge in [0, 0.05) is 42.9 Å². The molecule has 0 bridgehead atoms. The molecule has 1 aliphatic rings. The molecule has 1 rings (SSSR count). The Balaban J connectivity index is 0.00000441. The maximum absolute atomic E-state index is 11.1. The van der Waals surface area contributed by atoms with Crippen LogP contribution in [0.2, 0.25) is 0 Å². The van der Waals surface area contributed by atoms with Crippen LogP contribution in [0.1, 0.15) is 13.3 Å². The van der Waals surface area contributed by atoms with Crippen LogP contribution in [-0.4, -0.2) is 115 Å². The molecular formula is C11H19NNaO9. The summed E-state index contributed by atoms with van der Waals surface area (Å²) in [6, 6.07) is -1.27. The summed E-state index contributed by atoms with van der Waals surface area (Å²) in [5.74, 6) is -5.17. The van der Waals surface area contributed by atoms with E-state index in [4.69, 9.17) is 14.9 Å². The first-order valence-electron chi connectivity index (χ1n) is 6.18. The first-order valence-corrected chi connectivity index (χ1v) is 6.18. The van der Waals surface area contributed by atoms with Crippen LogP contribution in [0, 0.1) is 0 Å². The van der Waals surface area contributed by atoms with Gasteiger partial charge in [-0.25, -0.2) is 4.79 Å². The Morgan fingerprint density at radius 1 is 1.41 bits per heavy atom. The molecule has 1 saturated heterocycles. The number of hydrogen-bond acceptors (Lipinski definition) is 8. The van der Waals surface area contributed by atoms with Crippen molar-refractivity contribution in [3.63, 3.8) is 0 Å². The van der Waals surface area contributed by atoms with Gasteiger partial charge in [0.25, 0.3) is 5.79 Å². The molecule has 0 saturated carbocycles. The first-order chi connectivity index (χ1) is 9.62. The second-order valence-electron chi connectivity index (χ2n) is 4.91. The van der Waals surface area contributed by atoms with Crippen LogP contribution < -0.4 is 5.32 Å². The molecule has 0 unspecified atom stereocenters. The fourth-order valence-electron chi connectivity index (χ4n) is 2.14. The summed E-state index contributed by atoms with van der Waals surface area (Å²) in [5.41, 5.74) is 0. The quantitative estimate of drug-likeness (QED) is 0.246. The van der Waals surface area contributed by atoms with Crippen molar-refractivity contribution in [2.75, 3.05) is 6.61 Å². The van der Waals surface area contributed by atoms with E-state index in [-0.39, 0.29) is 29.6 Å². The third-order valence-electron chi connectivity index (χ3n) is 3.21. The van der Waals surface area contributed by atoms with Gasteiger partial charge < -0.3 is 40.7 Å². The summed E-state index contributed by atoms with van der Waals surface area (Å²) in [7, 11) is 0. The molecule has 1 fully saturated rings. The van der Waals surface area contributed by atoms with E-state index in [2.05, 4.69) is 5.32 Å². The van der Waals surface area contributed by atoms with Gasteiger partial charge in [0.05, 0.1) is 18.8 Å². The molecule has 1 aliphatic heterocycles. The molecule has 1 amide bonds. The SMILES string of the molecule is CC(=O)N[C@H]1[C@H]([C@H](O)[C@H](O)CO)O[C@](O)(C(=O)O)C[C@@H]1O.[Na]. The van der Waals surface area contributed by atoms with Crippen molar-refractivity contribution in [3.05, 3.63) is 0 Å². The van der Waals surface area contributed by atoms with Crippen LogP contribution in [0.3, 0.4) is 0 Å². The zero-order valence-electron chi connectivity index (χ0n) is 12.2. The van der Waals surface area contributed by atoms with Crippen LogP contribution >= 0.6 is 0 Å². The minimum absolute atomic E-state index is 0. The number of carboxylic acid groups (broad SMARTS) is 1. The molecule has 123 valence electrons. The van der Waals surface area contributed by atoms with Gasteiger partial charge in [-0.3, -0.25) is 4.79 Å². The average Bonchev–Trinajstić information content (AvgIpc) is 2.39. The second-order valence-corrected chi connectivity index (χ2v) is 4.91. The van der Waals surface area contributed by atoms with E-state index in [1.165, 1.54) is 0 Å². The standard InChI is InChI=1S/C11H19NO9.Na/c1-4(14)12-7-5(15)2-11(20,10(18)19)21-9(7)8(17)6(16)3-13;/h5-9,13,15-17,20H,2-3H2,1H3,(H,12,14)(H,18,19);/t5-,6+,7+,8+,9+,11-;/m0./s1. The van der Waals surface area contributed by atoms with E-state index in [1.807, 2.05) is 0 Å². The topological polar surface area (TPSA) is 177 Å². The largest absolute Gasteiger partial charge is 0.477 e. The van der Waals surface area contributed by atoms with Gasteiger partial charge in [0.15, 0.2) is 0 Å². The van der Waals surface area contributed by atoms with Crippen molar-refractivity contribution in [2.24, 2.45) is 0 Å². The molecule has 0 aliphatic carbocycles. The minimum Gasteiger partial charge on any atom is -0.477 e. The zero-order valence-corrected chi connectivity index (χ0v) is 14.2. The fraction of sp³-hybridized carbons (Fsp3) is 0.818. The van der Waals surface area contributed by atoms with Crippen molar-refractivity contribution < 1.29 is 45.0 Å². The maximum Gasteiger partial charge on any atom is 0.364 e. The Labute approximate surface area is 148 Å². The summed E-state index contributed by atoms with van der Waals surface area (Å²) < 4.78 is 4.86. The molecule has 0 spiro atoms. The molecule has 10 nitrogen and oxygen atoms in total. The predicted octanol–water partition coefficient (Wildman–Crippen LogP) is -4.25. The number of rotatable bonds is 5. The Morgan fingerprint density at radius 2 is 1.95 bits per heavy atom. The van der Waals surface area contributed by atoms with Gasteiger partial charge in [-0.1, -0.05) is 0 Å². The molecule has 7 N–H and O–H groups in total. The van der Waals surface area contributed by atoms with Crippen LogP contribution in [0.15, 0.2) is 0 Å². The monoisotopic (exact) mass is 332 g/mol. The Morgan fingerprint density at radius 3 is 2.36 bits per heavy atom. The number of carbonyl (C=O) groups is 2. The number of aliphatic hydroxyl groups excluding tert-OH is 4. The van der Waals surface area contributed by atoms with Crippen molar-refractivity contribution in [2.45, 2.75) is 49.6 Å². The van der Waals surface area contributed by atoms with Gasteiger partial charge in [0.1, 0.15) is 18.3 Å². The average molecular weight is 332 g/mol. The van der Waals surface area contributed by atoms with Gasteiger partial charge in [-0.2, -0.15) is 0 Å². The second kappa shape index (κ2) is 8.52. The van der Waals surface area contributed by atoms with Gasteiger partial charge in [-0.05, 0) is 0 Å². The van der Waals surface area contributed by atoms with Crippen LogP contribution in [-0.2, 0) is 14.3 Å². The number of aliphatic carboxylic acids is 1. The molecule has 0 aromatic rings. The van der Waals surface area contributed by atoms with E-state index >= 15 is 0 Å². The third kappa shape index (κ3) is 4.85. The summed E-state index contributed by atoms with van der Waals surface area (Å²) >= 11 is 0. The molecule has 1 heterocycles. The van der Waals surface area contributed by atoms with Gasteiger partial charge >= 0.3 is 5.97 Å². The third-order valence-corrected chi connectivity index (χ3v) is 3.21. The smallest absolute Gasteiger partial charge is 0.364 e. The summed E-state index contributed by atoms with van der Waals surface area (Å²) in [5, 5.41) is 59.0. The van der Waals surface area contributed by atoms with E-state index in [1.54, 1.807) is 0 Å².